The molecule has 170 valence electrons. The van der Waals surface area contributed by atoms with E-state index in [1.54, 1.807) is 36.4 Å². The second kappa shape index (κ2) is 11.8. The monoisotopic (exact) mass is 465 g/mol. The van der Waals surface area contributed by atoms with Crippen LogP contribution < -0.4 is 4.74 Å². The standard InChI is InChI=1S/C25H23NO6S/c1-30-25(27)24-23(31-18-20-10-4-2-5-11-20)16-15-22(26-24)14-8-9-17-32-33(28,29)19-21-12-6-3-7-13-21/h2-7,10-13,15-16H,9,17-19H2,1H3. The number of benzene rings is 2. The van der Waals surface area contributed by atoms with Gasteiger partial charge in [-0.15, -0.1) is 0 Å². The predicted octanol–water partition coefficient (Wildman–Crippen LogP) is 3.74. The molecule has 0 atom stereocenters. The Bertz CT molecular complexity index is 1230. The van der Waals surface area contributed by atoms with Gasteiger partial charge in [0, 0.05) is 6.42 Å². The lowest BCUT2D eigenvalue weighted by molar-refractivity contribution is 0.0588. The van der Waals surface area contributed by atoms with Gasteiger partial charge in [0.05, 0.1) is 13.7 Å². The van der Waals surface area contributed by atoms with Crippen LogP contribution in [0.4, 0.5) is 0 Å². The highest BCUT2D eigenvalue weighted by molar-refractivity contribution is 7.85. The number of pyridine rings is 1. The quantitative estimate of drug-likeness (QED) is 0.206. The van der Waals surface area contributed by atoms with Crippen LogP contribution in [-0.2, 0) is 31.4 Å². The normalized spacial score (nSPS) is 10.7. The summed E-state index contributed by atoms with van der Waals surface area (Å²) in [4.78, 5) is 16.4. The summed E-state index contributed by atoms with van der Waals surface area (Å²) in [5, 5.41) is 0. The van der Waals surface area contributed by atoms with Crippen molar-refractivity contribution in [2.24, 2.45) is 0 Å². The molecule has 2 aromatic carbocycles. The van der Waals surface area contributed by atoms with Gasteiger partial charge in [-0.1, -0.05) is 66.6 Å². The van der Waals surface area contributed by atoms with Crippen molar-refractivity contribution in [2.75, 3.05) is 13.7 Å². The summed E-state index contributed by atoms with van der Waals surface area (Å²) in [6, 6.07) is 21.5. The Kier molecular flexibility index (Phi) is 8.58. The second-order valence-corrected chi connectivity index (χ2v) is 8.51. The van der Waals surface area contributed by atoms with Crippen molar-refractivity contribution in [2.45, 2.75) is 18.8 Å². The number of hydrogen-bond acceptors (Lipinski definition) is 7. The lowest BCUT2D eigenvalue weighted by Crippen LogP contribution is -2.10. The number of hydrogen-bond donors (Lipinski definition) is 0. The average Bonchev–Trinajstić information content (AvgIpc) is 2.83. The molecule has 0 spiro atoms. The molecule has 0 radical (unpaired) electrons. The second-order valence-electron chi connectivity index (χ2n) is 6.87. The Balaban J connectivity index is 1.59. The number of carbonyl (C=O) groups is 1. The van der Waals surface area contributed by atoms with Crippen LogP contribution in [0, 0.1) is 11.8 Å². The molecule has 1 heterocycles. The molecule has 0 aliphatic rings. The highest BCUT2D eigenvalue weighted by Crippen LogP contribution is 2.19. The zero-order valence-corrected chi connectivity index (χ0v) is 18.9. The summed E-state index contributed by atoms with van der Waals surface area (Å²) >= 11 is 0. The molecule has 0 bridgehead atoms. The number of aromatic nitrogens is 1. The van der Waals surface area contributed by atoms with Crippen molar-refractivity contribution >= 4 is 16.1 Å². The van der Waals surface area contributed by atoms with Gasteiger partial charge < -0.3 is 9.47 Å². The molecule has 0 N–H and O–H groups in total. The first-order chi connectivity index (χ1) is 16.0. The van der Waals surface area contributed by atoms with Gasteiger partial charge in [0.15, 0.2) is 11.4 Å². The third-order valence-electron chi connectivity index (χ3n) is 4.37. The summed E-state index contributed by atoms with van der Waals surface area (Å²) in [5.41, 5.74) is 1.94. The Labute approximate surface area is 193 Å². The maximum absolute atomic E-state index is 12.1. The van der Waals surface area contributed by atoms with Gasteiger partial charge in [-0.25, -0.2) is 9.78 Å². The van der Waals surface area contributed by atoms with Gasteiger partial charge in [-0.3, -0.25) is 4.18 Å². The molecule has 0 saturated carbocycles. The lowest BCUT2D eigenvalue weighted by atomic mass is 10.2. The smallest absolute Gasteiger partial charge is 0.360 e. The maximum Gasteiger partial charge on any atom is 0.360 e. The van der Waals surface area contributed by atoms with E-state index in [9.17, 15) is 13.2 Å². The SMILES string of the molecule is COC(=O)c1nc(C#CCCOS(=O)(=O)Cc2ccccc2)ccc1OCc1ccccc1. The first-order valence-electron chi connectivity index (χ1n) is 10.1. The van der Waals surface area contributed by atoms with E-state index in [2.05, 4.69) is 16.8 Å². The fraction of sp³-hybridized carbons (Fsp3) is 0.200. The molecule has 7 nitrogen and oxygen atoms in total. The third kappa shape index (κ3) is 7.75. The average molecular weight is 466 g/mol. The molecule has 0 unspecified atom stereocenters. The molecule has 33 heavy (non-hydrogen) atoms. The van der Waals surface area contributed by atoms with Crippen molar-refractivity contribution in [3.05, 3.63) is 95.3 Å². The molecule has 0 saturated heterocycles. The number of rotatable bonds is 9. The molecular formula is C25H23NO6S. The Morgan fingerprint density at radius 2 is 1.61 bits per heavy atom. The molecule has 3 rings (SSSR count). The Morgan fingerprint density at radius 1 is 0.939 bits per heavy atom. The lowest BCUT2D eigenvalue weighted by Gasteiger charge is -2.10. The van der Waals surface area contributed by atoms with E-state index in [0.29, 0.717) is 11.3 Å². The maximum atomic E-state index is 12.1. The minimum atomic E-state index is -3.70. The first kappa shape index (κ1) is 24.0. The summed E-state index contributed by atoms with van der Waals surface area (Å²) in [6.07, 6.45) is 0.176. The summed E-state index contributed by atoms with van der Waals surface area (Å²) < 4.78 is 39.6. The molecule has 0 aliphatic heterocycles. The molecule has 1 aromatic heterocycles. The molecule has 0 fully saturated rings. The topological polar surface area (TPSA) is 91.8 Å². The van der Waals surface area contributed by atoms with Crippen LogP contribution in [0.3, 0.4) is 0 Å². The molecule has 0 aliphatic carbocycles. The van der Waals surface area contributed by atoms with E-state index in [1.807, 2.05) is 36.4 Å². The molecule has 0 amide bonds. The fourth-order valence-electron chi connectivity index (χ4n) is 2.80. The van der Waals surface area contributed by atoms with Gasteiger partial charge in [0.1, 0.15) is 18.1 Å². The predicted molar refractivity (Wildman–Crippen MR) is 123 cm³/mol. The number of methoxy groups -OCH3 is 1. The Hall–Kier alpha value is -3.67. The zero-order chi connectivity index (χ0) is 23.5. The van der Waals surface area contributed by atoms with Crippen LogP contribution in [0.2, 0.25) is 0 Å². The molecule has 3 aromatic rings. The van der Waals surface area contributed by atoms with Gasteiger partial charge in [0.25, 0.3) is 10.1 Å². The van der Waals surface area contributed by atoms with Gasteiger partial charge >= 0.3 is 5.97 Å². The van der Waals surface area contributed by atoms with Gasteiger partial charge in [-0.2, -0.15) is 8.42 Å². The summed E-state index contributed by atoms with van der Waals surface area (Å²) in [7, 11) is -2.44. The van der Waals surface area contributed by atoms with E-state index in [-0.39, 0.29) is 36.8 Å². The van der Waals surface area contributed by atoms with E-state index < -0.39 is 16.1 Å². The van der Waals surface area contributed by atoms with E-state index in [4.69, 9.17) is 13.7 Å². The van der Waals surface area contributed by atoms with Gasteiger partial charge in [-0.05, 0) is 29.2 Å². The zero-order valence-electron chi connectivity index (χ0n) is 18.1. The Morgan fingerprint density at radius 3 is 2.27 bits per heavy atom. The van der Waals surface area contributed by atoms with Crippen LogP contribution >= 0.6 is 0 Å². The largest absolute Gasteiger partial charge is 0.486 e. The number of nitrogens with zero attached hydrogens (tertiary/aromatic N) is 1. The van der Waals surface area contributed by atoms with Gasteiger partial charge in [0.2, 0.25) is 0 Å². The van der Waals surface area contributed by atoms with Crippen LogP contribution in [0.25, 0.3) is 0 Å². The minimum absolute atomic E-state index is 0.0157. The highest BCUT2D eigenvalue weighted by atomic mass is 32.2. The van der Waals surface area contributed by atoms with Crippen LogP contribution in [0.1, 0.15) is 33.7 Å². The van der Waals surface area contributed by atoms with E-state index >= 15 is 0 Å². The van der Waals surface area contributed by atoms with Crippen LogP contribution in [-0.4, -0.2) is 33.1 Å². The van der Waals surface area contributed by atoms with Crippen molar-refractivity contribution in [3.8, 4) is 17.6 Å². The first-order valence-corrected chi connectivity index (χ1v) is 11.7. The third-order valence-corrected chi connectivity index (χ3v) is 5.58. The van der Waals surface area contributed by atoms with Crippen LogP contribution in [0.15, 0.2) is 72.8 Å². The minimum Gasteiger partial charge on any atom is -0.486 e. The number of carbonyl (C=O) groups excluding carboxylic acids is 1. The van der Waals surface area contributed by atoms with Crippen molar-refractivity contribution in [1.82, 2.24) is 4.98 Å². The number of esters is 1. The summed E-state index contributed by atoms with van der Waals surface area (Å²) in [6.45, 7) is 0.191. The molecular weight excluding hydrogens is 442 g/mol. The van der Waals surface area contributed by atoms with Crippen molar-refractivity contribution in [3.63, 3.8) is 0 Å². The van der Waals surface area contributed by atoms with E-state index in [0.717, 1.165) is 5.56 Å². The fourth-order valence-corrected chi connectivity index (χ4v) is 3.82. The van der Waals surface area contributed by atoms with E-state index in [1.165, 1.54) is 7.11 Å². The van der Waals surface area contributed by atoms with Crippen molar-refractivity contribution in [1.29, 1.82) is 0 Å². The highest BCUT2D eigenvalue weighted by Gasteiger charge is 2.16. The number of ether oxygens (including phenoxy) is 2. The molecule has 8 heteroatoms. The summed E-state index contributed by atoms with van der Waals surface area (Å²) in [5.74, 6) is 5.05. The van der Waals surface area contributed by atoms with Crippen LogP contribution in [0.5, 0.6) is 5.75 Å². The van der Waals surface area contributed by atoms with Crippen molar-refractivity contribution < 1.29 is 26.9 Å².